The molecule has 1 aliphatic heterocycles. The van der Waals surface area contributed by atoms with Crippen molar-refractivity contribution in [1.82, 2.24) is 9.55 Å². The third-order valence-corrected chi connectivity index (χ3v) is 5.40. The molecule has 0 spiro atoms. The minimum Gasteiger partial charge on any atom is -0.508 e. The van der Waals surface area contributed by atoms with E-state index in [1.807, 2.05) is 48.1 Å². The molecule has 148 valence electrons. The summed E-state index contributed by atoms with van der Waals surface area (Å²) in [6, 6.07) is 11.8. The first-order chi connectivity index (χ1) is 14.4. The van der Waals surface area contributed by atoms with Crippen molar-refractivity contribution in [3.8, 4) is 28.4 Å². The van der Waals surface area contributed by atoms with Crippen LogP contribution in [-0.2, 0) is 7.05 Å². The average molecular weight is 419 g/mol. The predicted octanol–water partition coefficient (Wildman–Crippen LogP) is 4.92. The lowest BCUT2D eigenvalue weighted by molar-refractivity contribution is 0.101. The lowest BCUT2D eigenvalue weighted by atomic mass is 10.0. The third kappa shape index (κ3) is 2.73. The van der Waals surface area contributed by atoms with Gasteiger partial charge in [-0.25, -0.2) is 4.98 Å². The normalized spacial score (nSPS) is 14.3. The maximum atomic E-state index is 12.8. The number of phenolic OH excluding ortho intramolecular Hbond substituents is 2. The van der Waals surface area contributed by atoms with Gasteiger partial charge in [0.2, 0.25) is 5.78 Å². The first-order valence-electron chi connectivity index (χ1n) is 9.13. The molecule has 0 fully saturated rings. The topological polar surface area (TPSA) is 84.6 Å². The summed E-state index contributed by atoms with van der Waals surface area (Å²) in [4.78, 5) is 17.3. The molecule has 30 heavy (non-hydrogen) atoms. The van der Waals surface area contributed by atoms with Gasteiger partial charge in [-0.1, -0.05) is 29.8 Å². The Hall–Kier alpha value is -3.77. The van der Waals surface area contributed by atoms with Crippen LogP contribution in [0.5, 0.6) is 17.2 Å². The van der Waals surface area contributed by atoms with Crippen LogP contribution in [-0.4, -0.2) is 25.5 Å². The van der Waals surface area contributed by atoms with E-state index in [0.29, 0.717) is 5.02 Å². The first-order valence-corrected chi connectivity index (χ1v) is 9.51. The number of ketones is 1. The summed E-state index contributed by atoms with van der Waals surface area (Å²) >= 11 is 6.43. The van der Waals surface area contributed by atoms with Gasteiger partial charge in [-0.15, -0.1) is 0 Å². The number of benzene rings is 2. The second-order valence-electron chi connectivity index (χ2n) is 7.01. The monoisotopic (exact) mass is 418 g/mol. The highest BCUT2D eigenvalue weighted by Crippen LogP contribution is 2.42. The van der Waals surface area contributed by atoms with Crippen molar-refractivity contribution in [2.75, 3.05) is 0 Å². The minimum atomic E-state index is -0.456. The fourth-order valence-corrected chi connectivity index (χ4v) is 4.01. The first kappa shape index (κ1) is 18.3. The molecule has 0 saturated heterocycles. The van der Waals surface area contributed by atoms with Gasteiger partial charge in [0, 0.05) is 53.1 Å². The molecule has 0 aliphatic carbocycles. The van der Waals surface area contributed by atoms with E-state index in [1.54, 1.807) is 12.3 Å². The molecule has 6 nitrogen and oxygen atoms in total. The van der Waals surface area contributed by atoms with E-state index in [2.05, 4.69) is 4.98 Å². The molecule has 0 radical (unpaired) electrons. The van der Waals surface area contributed by atoms with E-state index in [1.165, 1.54) is 6.07 Å². The molecule has 3 heterocycles. The number of nitrogens with zero attached hydrogens (tertiary/aromatic N) is 2. The maximum absolute atomic E-state index is 12.8. The van der Waals surface area contributed by atoms with E-state index in [9.17, 15) is 15.0 Å². The van der Waals surface area contributed by atoms with E-state index in [0.717, 1.165) is 33.8 Å². The Balaban J connectivity index is 1.71. The summed E-state index contributed by atoms with van der Waals surface area (Å²) < 4.78 is 7.51. The predicted molar refractivity (Wildman–Crippen MR) is 114 cm³/mol. The van der Waals surface area contributed by atoms with Crippen molar-refractivity contribution in [3.05, 3.63) is 76.8 Å². The number of allylic oxidation sites excluding steroid dienone is 1. The van der Waals surface area contributed by atoms with Gasteiger partial charge in [-0.2, -0.15) is 0 Å². The van der Waals surface area contributed by atoms with Crippen molar-refractivity contribution >= 4 is 34.5 Å². The molecule has 0 amide bonds. The molecule has 5 rings (SSSR count). The highest BCUT2D eigenvalue weighted by atomic mass is 35.5. The van der Waals surface area contributed by atoms with Crippen LogP contribution in [0.15, 0.2) is 60.6 Å². The zero-order chi connectivity index (χ0) is 21.0. The van der Waals surface area contributed by atoms with Crippen molar-refractivity contribution in [1.29, 1.82) is 0 Å². The number of carbonyl (C=O) groups excluding carboxylic acids is 1. The molecule has 2 N–H and O–H groups in total. The Morgan fingerprint density at radius 2 is 1.93 bits per heavy atom. The van der Waals surface area contributed by atoms with E-state index in [-0.39, 0.29) is 28.6 Å². The van der Waals surface area contributed by atoms with Crippen LogP contribution in [0.4, 0.5) is 0 Å². The summed E-state index contributed by atoms with van der Waals surface area (Å²) in [5.41, 5.74) is 3.20. The quantitative estimate of drug-likeness (QED) is 0.451. The molecule has 1 aliphatic rings. The molecule has 2 aromatic heterocycles. The third-order valence-electron chi connectivity index (χ3n) is 5.07. The average Bonchev–Trinajstić information content (AvgIpc) is 3.19. The van der Waals surface area contributed by atoms with Crippen LogP contribution in [0.25, 0.3) is 28.2 Å². The standard InChI is InChI=1S/C23H15ClN2O4/c1-26-11-12(8-19-22(29)21-17(28)9-13(27)10-18(21)30-19)20-15(6-7-25-23(20)26)14-4-2-3-5-16(14)24/h2-11,27-28H,1H3/b19-8-. The molecular formula is C23H15ClN2O4. The number of fused-ring (bicyclic) bond motifs is 2. The number of pyridine rings is 1. The highest BCUT2D eigenvalue weighted by Gasteiger charge is 2.31. The largest absolute Gasteiger partial charge is 0.508 e. The zero-order valence-electron chi connectivity index (χ0n) is 15.8. The number of carbonyl (C=O) groups is 1. The number of ether oxygens (including phenoxy) is 1. The van der Waals surface area contributed by atoms with Gasteiger partial charge in [0.15, 0.2) is 5.76 Å². The molecule has 4 aromatic rings. The lowest BCUT2D eigenvalue weighted by Crippen LogP contribution is -1.98. The van der Waals surface area contributed by atoms with Crippen LogP contribution in [0.2, 0.25) is 5.02 Å². The number of hydrogen-bond acceptors (Lipinski definition) is 5. The summed E-state index contributed by atoms with van der Waals surface area (Å²) in [6.45, 7) is 0. The zero-order valence-corrected chi connectivity index (χ0v) is 16.5. The Kier molecular flexibility index (Phi) is 4.04. The Labute approximate surface area is 176 Å². The van der Waals surface area contributed by atoms with Gasteiger partial charge >= 0.3 is 0 Å². The number of aromatic hydroxyl groups is 2. The second kappa shape index (κ2) is 6.64. The number of halogens is 1. The Bertz CT molecular complexity index is 1390. The number of phenols is 2. The molecule has 0 unspecified atom stereocenters. The fourth-order valence-electron chi connectivity index (χ4n) is 3.77. The number of Topliss-reactive ketones (excluding diaryl/α,β-unsaturated/α-hetero) is 1. The van der Waals surface area contributed by atoms with Crippen LogP contribution in [0.1, 0.15) is 15.9 Å². The highest BCUT2D eigenvalue weighted by molar-refractivity contribution is 6.33. The molecular weight excluding hydrogens is 404 g/mol. The maximum Gasteiger partial charge on any atom is 0.235 e. The van der Waals surface area contributed by atoms with Gasteiger partial charge in [0.05, 0.1) is 0 Å². The summed E-state index contributed by atoms with van der Waals surface area (Å²) in [5.74, 6) is -0.797. The second-order valence-corrected chi connectivity index (χ2v) is 7.42. The smallest absolute Gasteiger partial charge is 0.235 e. The number of hydrogen-bond donors (Lipinski definition) is 2. The fraction of sp³-hybridized carbons (Fsp3) is 0.0435. The Morgan fingerprint density at radius 3 is 2.73 bits per heavy atom. The van der Waals surface area contributed by atoms with Crippen LogP contribution < -0.4 is 4.74 Å². The van der Waals surface area contributed by atoms with Crippen molar-refractivity contribution in [2.45, 2.75) is 0 Å². The minimum absolute atomic E-state index is 0.0312. The number of rotatable bonds is 2. The summed E-state index contributed by atoms with van der Waals surface area (Å²) in [6.07, 6.45) is 5.18. The summed E-state index contributed by atoms with van der Waals surface area (Å²) in [7, 11) is 1.86. The summed E-state index contributed by atoms with van der Waals surface area (Å²) in [5, 5.41) is 21.2. The van der Waals surface area contributed by atoms with Gasteiger partial charge in [0.1, 0.15) is 28.5 Å². The lowest BCUT2D eigenvalue weighted by Gasteiger charge is -2.07. The van der Waals surface area contributed by atoms with E-state index < -0.39 is 5.78 Å². The molecule has 7 heteroatoms. The SMILES string of the molecule is Cn1cc(/C=C2\Oc3cc(O)cc(O)c3C2=O)c2c(-c3ccccc3Cl)ccnc21. The molecule has 0 atom stereocenters. The van der Waals surface area contributed by atoms with Gasteiger partial charge in [-0.3, -0.25) is 4.79 Å². The van der Waals surface area contributed by atoms with Crippen LogP contribution in [0.3, 0.4) is 0 Å². The Morgan fingerprint density at radius 1 is 1.13 bits per heavy atom. The number of aromatic nitrogens is 2. The molecule has 0 bridgehead atoms. The van der Waals surface area contributed by atoms with E-state index in [4.69, 9.17) is 16.3 Å². The molecule has 0 saturated carbocycles. The van der Waals surface area contributed by atoms with Crippen LogP contribution in [0, 0.1) is 0 Å². The van der Waals surface area contributed by atoms with Crippen molar-refractivity contribution in [3.63, 3.8) is 0 Å². The van der Waals surface area contributed by atoms with Gasteiger partial charge in [-0.05, 0) is 23.8 Å². The van der Waals surface area contributed by atoms with Crippen molar-refractivity contribution in [2.24, 2.45) is 7.05 Å². The van der Waals surface area contributed by atoms with Gasteiger partial charge in [0.25, 0.3) is 0 Å². The number of aryl methyl sites for hydroxylation is 1. The van der Waals surface area contributed by atoms with Crippen molar-refractivity contribution < 1.29 is 19.7 Å². The van der Waals surface area contributed by atoms with Gasteiger partial charge < -0.3 is 19.5 Å². The van der Waals surface area contributed by atoms with Crippen LogP contribution >= 0.6 is 11.6 Å². The molecule has 2 aromatic carbocycles. The van der Waals surface area contributed by atoms with E-state index >= 15 is 0 Å².